The minimum Gasteiger partial charge on any atom is -0.394 e. The molecule has 0 aliphatic carbocycles. The molecule has 0 aromatic heterocycles. The van der Waals surface area contributed by atoms with Gasteiger partial charge in [-0.2, -0.15) is 0 Å². The Kier molecular flexibility index (Phi) is 8.47. The molecule has 12 nitrogen and oxygen atoms in total. The summed E-state index contributed by atoms with van der Waals surface area (Å²) >= 11 is 0. The lowest BCUT2D eigenvalue weighted by Crippen LogP contribution is -2.66. The van der Waals surface area contributed by atoms with Gasteiger partial charge in [0, 0.05) is 13.0 Å². The van der Waals surface area contributed by atoms with Crippen LogP contribution in [-0.2, 0) is 19.0 Å². The van der Waals surface area contributed by atoms with E-state index in [4.69, 9.17) is 14.2 Å². The van der Waals surface area contributed by atoms with Crippen LogP contribution in [0.3, 0.4) is 0 Å². The Morgan fingerprint density at radius 2 is 1.59 bits per heavy atom. The quantitative estimate of drug-likeness (QED) is 0.198. The number of amides is 1. The van der Waals surface area contributed by atoms with Crippen LogP contribution in [0.15, 0.2) is 0 Å². The maximum Gasteiger partial charge on any atom is 0.225 e. The smallest absolute Gasteiger partial charge is 0.225 e. The predicted octanol–water partition coefficient (Wildman–Crippen LogP) is -3.49. The second-order valence-electron chi connectivity index (χ2n) is 9.27. The van der Waals surface area contributed by atoms with Crippen molar-refractivity contribution >= 4 is 5.91 Å². The van der Waals surface area contributed by atoms with Crippen molar-refractivity contribution < 1.29 is 54.8 Å². The molecular weight excluding hydrogens is 430 g/mol. The Morgan fingerprint density at radius 3 is 2.19 bits per heavy atom. The molecule has 0 radical (unpaired) electrons. The molecule has 3 aliphatic heterocycles. The van der Waals surface area contributed by atoms with Gasteiger partial charge in [-0.25, -0.2) is 0 Å². The molecule has 0 aromatic carbocycles. The minimum absolute atomic E-state index is 0.0890. The summed E-state index contributed by atoms with van der Waals surface area (Å²) in [5.41, 5.74) is 0. The summed E-state index contributed by atoms with van der Waals surface area (Å²) in [6.07, 6.45) is -13.7. The minimum atomic E-state index is -1.73. The summed E-state index contributed by atoms with van der Waals surface area (Å²) in [6.45, 7) is 3.14. The largest absolute Gasteiger partial charge is 0.394 e. The number of likely N-dealkylation sites (tertiary alicyclic amines) is 1. The number of ether oxygens (including phenoxy) is 3. The molecule has 11 atom stereocenters. The molecule has 186 valence electrons. The molecule has 7 N–H and O–H groups in total. The lowest BCUT2D eigenvalue weighted by molar-refractivity contribution is -0.347. The van der Waals surface area contributed by atoms with E-state index < -0.39 is 74.6 Å². The molecule has 3 rings (SSSR count). The number of rotatable bonds is 7. The van der Waals surface area contributed by atoms with Crippen molar-refractivity contribution in [1.82, 2.24) is 4.90 Å². The van der Waals surface area contributed by atoms with Gasteiger partial charge in [0.1, 0.15) is 48.8 Å². The van der Waals surface area contributed by atoms with Crippen LogP contribution in [-0.4, -0.2) is 128 Å². The number of carbonyl (C=O) groups is 1. The Labute approximate surface area is 185 Å². The van der Waals surface area contributed by atoms with Gasteiger partial charge in [0.05, 0.1) is 13.2 Å². The third kappa shape index (κ3) is 5.09. The summed E-state index contributed by atoms with van der Waals surface area (Å²) in [7, 11) is 0. The highest BCUT2D eigenvalue weighted by molar-refractivity contribution is 5.79. The number of carbonyl (C=O) groups excluding carboxylic acids is 1. The standard InChI is InChI=1S/C20H35NO11/c1-8(2)3-9-4-12(24)21(5-9)19-16(28)15(27)18(11(7-23)30-19)32-20-17(29)14(26)13(25)10(6-22)31-20/h8-11,13-20,22-23,25-29H,3-7H2,1-2H3/t9-,10?,11?,13+,14+,15-,16?,17?,18-,19-,20+/m1/s1. The summed E-state index contributed by atoms with van der Waals surface area (Å²) < 4.78 is 16.6. The van der Waals surface area contributed by atoms with Crippen molar-refractivity contribution in [2.24, 2.45) is 11.8 Å². The van der Waals surface area contributed by atoms with Crippen molar-refractivity contribution in [3.8, 4) is 0 Å². The summed E-state index contributed by atoms with van der Waals surface area (Å²) in [6, 6.07) is 0. The van der Waals surface area contributed by atoms with E-state index in [9.17, 15) is 40.5 Å². The Balaban J connectivity index is 1.71. The first-order valence-corrected chi connectivity index (χ1v) is 11.0. The van der Waals surface area contributed by atoms with Gasteiger partial charge in [0.2, 0.25) is 5.91 Å². The second kappa shape index (κ2) is 10.6. The van der Waals surface area contributed by atoms with Crippen LogP contribution >= 0.6 is 0 Å². The highest BCUT2D eigenvalue weighted by atomic mass is 16.7. The molecule has 3 saturated heterocycles. The fraction of sp³-hybridized carbons (Fsp3) is 0.950. The Morgan fingerprint density at radius 1 is 0.938 bits per heavy atom. The Hall–Kier alpha value is -0.930. The summed E-state index contributed by atoms with van der Waals surface area (Å²) in [4.78, 5) is 13.9. The second-order valence-corrected chi connectivity index (χ2v) is 9.27. The number of aliphatic hydroxyl groups is 7. The summed E-state index contributed by atoms with van der Waals surface area (Å²) in [5.74, 6) is 0.250. The van der Waals surface area contributed by atoms with Gasteiger partial charge < -0.3 is 54.9 Å². The average Bonchev–Trinajstić information content (AvgIpc) is 3.10. The molecular formula is C20H35NO11. The van der Waals surface area contributed by atoms with Gasteiger partial charge >= 0.3 is 0 Å². The normalized spacial score (nSPS) is 45.6. The van der Waals surface area contributed by atoms with E-state index in [-0.39, 0.29) is 11.8 Å². The van der Waals surface area contributed by atoms with Crippen LogP contribution in [0.4, 0.5) is 0 Å². The first kappa shape index (κ1) is 25.7. The fourth-order valence-electron chi connectivity index (χ4n) is 4.71. The topological polar surface area (TPSA) is 190 Å². The van der Waals surface area contributed by atoms with E-state index in [1.54, 1.807) is 0 Å². The summed E-state index contributed by atoms with van der Waals surface area (Å²) in [5, 5.41) is 70.5. The fourth-order valence-corrected chi connectivity index (χ4v) is 4.71. The Bertz CT molecular complexity index is 633. The van der Waals surface area contributed by atoms with E-state index >= 15 is 0 Å². The monoisotopic (exact) mass is 465 g/mol. The number of hydrogen-bond acceptors (Lipinski definition) is 11. The lowest BCUT2D eigenvalue weighted by atomic mass is 9.95. The van der Waals surface area contributed by atoms with Crippen molar-refractivity contribution in [2.75, 3.05) is 19.8 Å². The molecule has 0 bridgehead atoms. The van der Waals surface area contributed by atoms with Gasteiger partial charge in [0.25, 0.3) is 0 Å². The number of nitrogens with zero attached hydrogens (tertiary/aromatic N) is 1. The van der Waals surface area contributed by atoms with Gasteiger partial charge in [0.15, 0.2) is 12.5 Å². The molecule has 3 heterocycles. The SMILES string of the molecule is CC(C)C[C@@H]1CC(=O)N([C@@H]2OC(CO)[C@@H](O[C@@H]3OC(CO)[C@H](O)[C@H](O)C3O)[C@H](O)C2O)C1. The average molecular weight is 465 g/mol. The molecule has 0 saturated carbocycles. The highest BCUT2D eigenvalue weighted by Gasteiger charge is 2.52. The van der Waals surface area contributed by atoms with E-state index in [1.165, 1.54) is 4.90 Å². The number of hydrogen-bond donors (Lipinski definition) is 7. The molecule has 12 heteroatoms. The molecule has 32 heavy (non-hydrogen) atoms. The van der Waals surface area contributed by atoms with Crippen LogP contribution in [0.25, 0.3) is 0 Å². The van der Waals surface area contributed by atoms with Crippen LogP contribution in [0.5, 0.6) is 0 Å². The van der Waals surface area contributed by atoms with Gasteiger partial charge in [-0.05, 0) is 18.3 Å². The molecule has 0 spiro atoms. The van der Waals surface area contributed by atoms with E-state index in [0.717, 1.165) is 6.42 Å². The first-order chi connectivity index (χ1) is 15.1. The number of aliphatic hydroxyl groups excluding tert-OH is 7. The molecule has 3 aliphatic rings. The zero-order valence-electron chi connectivity index (χ0n) is 18.2. The third-order valence-corrected chi connectivity index (χ3v) is 6.33. The van der Waals surface area contributed by atoms with Crippen molar-refractivity contribution in [2.45, 2.75) is 88.0 Å². The van der Waals surface area contributed by atoms with E-state index in [2.05, 4.69) is 0 Å². The van der Waals surface area contributed by atoms with Gasteiger partial charge in [-0.1, -0.05) is 13.8 Å². The van der Waals surface area contributed by atoms with Gasteiger partial charge in [-0.3, -0.25) is 4.79 Å². The van der Waals surface area contributed by atoms with Crippen LogP contribution in [0.1, 0.15) is 26.7 Å². The van der Waals surface area contributed by atoms with Crippen LogP contribution in [0.2, 0.25) is 0 Å². The third-order valence-electron chi connectivity index (χ3n) is 6.33. The van der Waals surface area contributed by atoms with E-state index in [1.807, 2.05) is 13.8 Å². The highest BCUT2D eigenvalue weighted by Crippen LogP contribution is 2.33. The molecule has 4 unspecified atom stereocenters. The maximum atomic E-state index is 12.5. The zero-order chi connectivity index (χ0) is 23.7. The molecule has 1 amide bonds. The molecule has 0 aromatic rings. The van der Waals surface area contributed by atoms with Gasteiger partial charge in [-0.15, -0.1) is 0 Å². The maximum absolute atomic E-state index is 12.5. The van der Waals surface area contributed by atoms with Crippen LogP contribution < -0.4 is 0 Å². The zero-order valence-corrected chi connectivity index (χ0v) is 18.2. The first-order valence-electron chi connectivity index (χ1n) is 11.0. The van der Waals surface area contributed by atoms with Crippen molar-refractivity contribution in [1.29, 1.82) is 0 Å². The van der Waals surface area contributed by atoms with E-state index in [0.29, 0.717) is 18.9 Å². The lowest BCUT2D eigenvalue weighted by Gasteiger charge is -2.47. The van der Waals surface area contributed by atoms with Crippen molar-refractivity contribution in [3.05, 3.63) is 0 Å². The molecule has 3 fully saturated rings. The predicted molar refractivity (Wildman–Crippen MR) is 106 cm³/mol. The van der Waals surface area contributed by atoms with Crippen molar-refractivity contribution in [3.63, 3.8) is 0 Å². The van der Waals surface area contributed by atoms with Crippen LogP contribution in [0, 0.1) is 11.8 Å².